The Bertz CT molecular complexity index is 497. The minimum atomic E-state index is -0.288. The Morgan fingerprint density at radius 2 is 2.18 bits per heavy atom. The van der Waals surface area contributed by atoms with E-state index in [1.807, 2.05) is 17.5 Å². The topological polar surface area (TPSA) is 61.4 Å². The van der Waals surface area contributed by atoms with Gasteiger partial charge in [-0.05, 0) is 23.6 Å². The SMILES string of the molecule is O=C(NCc1cccs1)Nc1cccc(O)c1. The quantitative estimate of drug-likeness (QED) is 0.782. The number of hydrogen-bond acceptors (Lipinski definition) is 3. The summed E-state index contributed by atoms with van der Waals surface area (Å²) in [5.41, 5.74) is 0.564. The van der Waals surface area contributed by atoms with Gasteiger partial charge < -0.3 is 15.7 Å². The lowest BCUT2D eigenvalue weighted by Gasteiger charge is -2.06. The highest BCUT2D eigenvalue weighted by molar-refractivity contribution is 7.09. The van der Waals surface area contributed by atoms with Crippen LogP contribution < -0.4 is 10.6 Å². The molecule has 3 N–H and O–H groups in total. The second-order valence-electron chi connectivity index (χ2n) is 3.44. The second kappa shape index (κ2) is 5.36. The van der Waals surface area contributed by atoms with E-state index in [9.17, 15) is 9.90 Å². The van der Waals surface area contributed by atoms with Crippen LogP contribution in [-0.4, -0.2) is 11.1 Å². The van der Waals surface area contributed by atoms with Gasteiger partial charge in [0.1, 0.15) is 5.75 Å². The molecule has 0 radical (unpaired) electrons. The summed E-state index contributed by atoms with van der Waals surface area (Å²) in [5, 5.41) is 16.6. The van der Waals surface area contributed by atoms with E-state index in [0.29, 0.717) is 12.2 Å². The number of aromatic hydroxyl groups is 1. The Labute approximate surface area is 103 Å². The van der Waals surface area contributed by atoms with Crippen molar-refractivity contribution < 1.29 is 9.90 Å². The molecule has 0 aliphatic heterocycles. The summed E-state index contributed by atoms with van der Waals surface area (Å²) in [6.45, 7) is 0.502. The van der Waals surface area contributed by atoms with Gasteiger partial charge in [0.15, 0.2) is 0 Å². The van der Waals surface area contributed by atoms with Crippen LogP contribution in [-0.2, 0) is 6.54 Å². The molecular weight excluding hydrogens is 236 g/mol. The van der Waals surface area contributed by atoms with E-state index in [-0.39, 0.29) is 11.8 Å². The molecule has 0 atom stereocenters. The van der Waals surface area contributed by atoms with Crippen LogP contribution in [0.2, 0.25) is 0 Å². The maximum atomic E-state index is 11.5. The monoisotopic (exact) mass is 248 g/mol. The number of urea groups is 1. The number of carbonyl (C=O) groups excluding carboxylic acids is 1. The molecular formula is C12H12N2O2S. The zero-order valence-corrected chi connectivity index (χ0v) is 9.83. The average Bonchev–Trinajstić information content (AvgIpc) is 2.79. The van der Waals surface area contributed by atoms with Crippen LogP contribution in [0.15, 0.2) is 41.8 Å². The van der Waals surface area contributed by atoms with E-state index >= 15 is 0 Å². The highest BCUT2D eigenvalue weighted by Crippen LogP contribution is 2.15. The Morgan fingerprint density at radius 3 is 2.88 bits per heavy atom. The van der Waals surface area contributed by atoms with E-state index in [0.717, 1.165) is 4.88 Å². The molecule has 2 amide bonds. The Hall–Kier alpha value is -2.01. The highest BCUT2D eigenvalue weighted by Gasteiger charge is 2.02. The number of carbonyl (C=O) groups is 1. The number of nitrogens with one attached hydrogen (secondary N) is 2. The largest absolute Gasteiger partial charge is 0.508 e. The molecule has 88 valence electrons. The summed E-state index contributed by atoms with van der Waals surface area (Å²) < 4.78 is 0. The van der Waals surface area contributed by atoms with Gasteiger partial charge in [-0.25, -0.2) is 4.79 Å². The molecule has 0 aliphatic carbocycles. The maximum Gasteiger partial charge on any atom is 0.319 e. The first-order valence-corrected chi connectivity index (χ1v) is 5.98. The van der Waals surface area contributed by atoms with E-state index in [4.69, 9.17) is 0 Å². The number of thiophene rings is 1. The summed E-state index contributed by atoms with van der Waals surface area (Å²) in [6, 6.07) is 10.0. The number of phenols is 1. The van der Waals surface area contributed by atoms with Crippen LogP contribution in [0.1, 0.15) is 4.88 Å². The minimum absolute atomic E-state index is 0.126. The smallest absolute Gasteiger partial charge is 0.319 e. The van der Waals surface area contributed by atoms with Crippen molar-refractivity contribution in [3.8, 4) is 5.75 Å². The standard InChI is InChI=1S/C12H12N2O2S/c15-10-4-1-3-9(7-10)14-12(16)13-8-11-5-2-6-17-11/h1-7,15H,8H2,(H2,13,14,16). The van der Waals surface area contributed by atoms with Crippen molar-refractivity contribution in [3.63, 3.8) is 0 Å². The molecule has 1 aromatic carbocycles. The van der Waals surface area contributed by atoms with Gasteiger partial charge in [0.2, 0.25) is 0 Å². The summed E-state index contributed by atoms with van der Waals surface area (Å²) in [7, 11) is 0. The molecule has 0 saturated heterocycles. The van der Waals surface area contributed by atoms with Crippen molar-refractivity contribution in [2.24, 2.45) is 0 Å². The molecule has 0 aliphatic rings. The maximum absolute atomic E-state index is 11.5. The number of hydrogen-bond donors (Lipinski definition) is 3. The van der Waals surface area contributed by atoms with Gasteiger partial charge in [-0.1, -0.05) is 12.1 Å². The lowest BCUT2D eigenvalue weighted by Crippen LogP contribution is -2.27. The average molecular weight is 248 g/mol. The Kier molecular flexibility index (Phi) is 3.62. The Morgan fingerprint density at radius 1 is 1.29 bits per heavy atom. The van der Waals surface area contributed by atoms with E-state index in [1.54, 1.807) is 29.5 Å². The second-order valence-corrected chi connectivity index (χ2v) is 4.47. The van der Waals surface area contributed by atoms with Gasteiger partial charge in [0.05, 0.1) is 6.54 Å². The number of phenolic OH excluding ortho intramolecular Hbond substituents is 1. The lowest BCUT2D eigenvalue weighted by molar-refractivity contribution is 0.252. The minimum Gasteiger partial charge on any atom is -0.508 e. The van der Waals surface area contributed by atoms with Crippen LogP contribution in [0, 0.1) is 0 Å². The van der Waals surface area contributed by atoms with Crippen molar-refractivity contribution in [2.45, 2.75) is 6.54 Å². The van der Waals surface area contributed by atoms with Crippen molar-refractivity contribution in [1.82, 2.24) is 5.32 Å². The number of amides is 2. The first kappa shape index (κ1) is 11.5. The molecule has 2 rings (SSSR count). The third kappa shape index (κ3) is 3.49. The molecule has 1 heterocycles. The van der Waals surface area contributed by atoms with Crippen LogP contribution in [0.3, 0.4) is 0 Å². The molecule has 2 aromatic rings. The highest BCUT2D eigenvalue weighted by atomic mass is 32.1. The van der Waals surface area contributed by atoms with E-state index in [1.165, 1.54) is 6.07 Å². The molecule has 1 aromatic heterocycles. The zero-order chi connectivity index (χ0) is 12.1. The number of rotatable bonds is 3. The summed E-state index contributed by atoms with van der Waals surface area (Å²) >= 11 is 1.59. The van der Waals surface area contributed by atoms with Crippen LogP contribution in [0.25, 0.3) is 0 Å². The molecule has 17 heavy (non-hydrogen) atoms. The zero-order valence-electron chi connectivity index (χ0n) is 9.01. The summed E-state index contributed by atoms with van der Waals surface area (Å²) in [5.74, 6) is 0.126. The summed E-state index contributed by atoms with van der Waals surface area (Å²) in [6.07, 6.45) is 0. The third-order valence-electron chi connectivity index (χ3n) is 2.11. The molecule has 0 saturated carbocycles. The fraction of sp³-hybridized carbons (Fsp3) is 0.0833. The van der Waals surface area contributed by atoms with Crippen LogP contribution >= 0.6 is 11.3 Å². The molecule has 0 spiro atoms. The van der Waals surface area contributed by atoms with Crippen LogP contribution in [0.5, 0.6) is 5.75 Å². The Balaban J connectivity index is 1.85. The summed E-state index contributed by atoms with van der Waals surface area (Å²) in [4.78, 5) is 12.6. The van der Waals surface area contributed by atoms with E-state index in [2.05, 4.69) is 10.6 Å². The third-order valence-corrected chi connectivity index (χ3v) is 2.98. The van der Waals surface area contributed by atoms with Gasteiger partial charge in [-0.15, -0.1) is 11.3 Å². The number of anilines is 1. The van der Waals surface area contributed by atoms with Gasteiger partial charge in [-0.2, -0.15) is 0 Å². The molecule has 5 heteroatoms. The van der Waals surface area contributed by atoms with E-state index < -0.39 is 0 Å². The fourth-order valence-electron chi connectivity index (χ4n) is 1.34. The first-order valence-electron chi connectivity index (χ1n) is 5.10. The predicted octanol–water partition coefficient (Wildman–Crippen LogP) is 2.78. The van der Waals surface area contributed by atoms with Gasteiger partial charge in [0.25, 0.3) is 0 Å². The van der Waals surface area contributed by atoms with Crippen molar-refractivity contribution in [2.75, 3.05) is 5.32 Å². The van der Waals surface area contributed by atoms with Crippen LogP contribution in [0.4, 0.5) is 10.5 Å². The first-order chi connectivity index (χ1) is 8.24. The molecule has 4 nitrogen and oxygen atoms in total. The predicted molar refractivity (Wildman–Crippen MR) is 68.3 cm³/mol. The van der Waals surface area contributed by atoms with Crippen molar-refractivity contribution >= 4 is 23.1 Å². The fourth-order valence-corrected chi connectivity index (χ4v) is 1.98. The normalized spacial score (nSPS) is 9.88. The lowest BCUT2D eigenvalue weighted by atomic mass is 10.3. The van der Waals surface area contributed by atoms with Crippen molar-refractivity contribution in [1.29, 1.82) is 0 Å². The van der Waals surface area contributed by atoms with Gasteiger partial charge >= 0.3 is 6.03 Å². The number of benzene rings is 1. The molecule has 0 bridgehead atoms. The van der Waals surface area contributed by atoms with Gasteiger partial charge in [-0.3, -0.25) is 0 Å². The van der Waals surface area contributed by atoms with Crippen molar-refractivity contribution in [3.05, 3.63) is 46.7 Å². The molecule has 0 fully saturated rings. The molecule has 0 unspecified atom stereocenters. The van der Waals surface area contributed by atoms with Gasteiger partial charge in [0, 0.05) is 16.6 Å².